The zero-order valence-corrected chi connectivity index (χ0v) is 16.6. The first-order valence-corrected chi connectivity index (χ1v) is 9.45. The Labute approximate surface area is 169 Å². The van der Waals surface area contributed by atoms with E-state index in [9.17, 15) is 14.7 Å². The molecular formula is C20H26N6O3. The van der Waals surface area contributed by atoms with Crippen LogP contribution in [0.1, 0.15) is 34.7 Å². The average molecular weight is 398 g/mol. The van der Waals surface area contributed by atoms with E-state index in [2.05, 4.69) is 20.2 Å². The predicted molar refractivity (Wildman–Crippen MR) is 110 cm³/mol. The fraction of sp³-hybridized carbons (Fsp3) is 0.400. The molecule has 0 aliphatic carbocycles. The second-order valence-corrected chi connectivity index (χ2v) is 7.62. The van der Waals surface area contributed by atoms with Crippen LogP contribution in [0.3, 0.4) is 0 Å². The van der Waals surface area contributed by atoms with Gasteiger partial charge in [0.1, 0.15) is 5.69 Å². The molecule has 2 aromatic rings. The van der Waals surface area contributed by atoms with Crippen molar-refractivity contribution in [3.8, 4) is 0 Å². The summed E-state index contributed by atoms with van der Waals surface area (Å²) in [6.45, 7) is 5.57. The van der Waals surface area contributed by atoms with Gasteiger partial charge in [-0.15, -0.1) is 0 Å². The average Bonchev–Trinajstić information content (AvgIpc) is 2.73. The molecule has 1 aliphatic rings. The Kier molecular flexibility index (Phi) is 5.97. The number of carbonyl (C=O) groups is 2. The van der Waals surface area contributed by atoms with E-state index in [-0.39, 0.29) is 24.1 Å². The second kappa shape index (κ2) is 8.44. The van der Waals surface area contributed by atoms with Gasteiger partial charge in [-0.05, 0) is 38.1 Å². The standard InChI is InChI=1S/C20H26N6O3/c1-20(2,13-27)24-18(28)14-5-6-16(23-12-14)19(29)26-10-8-25(9-11-26)17-15(21)4-3-7-22-17/h3-7,12,27H,8-11,13,21H2,1-2H3,(H,24,28). The summed E-state index contributed by atoms with van der Waals surface area (Å²) in [6.07, 6.45) is 3.08. The van der Waals surface area contributed by atoms with Crippen molar-refractivity contribution in [3.05, 3.63) is 47.9 Å². The lowest BCUT2D eigenvalue weighted by Crippen LogP contribution is -2.49. The highest BCUT2D eigenvalue weighted by Gasteiger charge is 2.25. The Hall–Kier alpha value is -3.20. The highest BCUT2D eigenvalue weighted by Crippen LogP contribution is 2.21. The fourth-order valence-corrected chi connectivity index (χ4v) is 3.03. The van der Waals surface area contributed by atoms with E-state index in [0.717, 1.165) is 5.82 Å². The van der Waals surface area contributed by atoms with Crippen molar-refractivity contribution in [2.45, 2.75) is 19.4 Å². The van der Waals surface area contributed by atoms with E-state index in [0.29, 0.717) is 37.4 Å². The van der Waals surface area contributed by atoms with Crippen LogP contribution in [0.25, 0.3) is 0 Å². The summed E-state index contributed by atoms with van der Waals surface area (Å²) in [6, 6.07) is 6.71. The molecule has 154 valence electrons. The first kappa shape index (κ1) is 20.5. The Bertz CT molecular complexity index is 876. The third-order valence-electron chi connectivity index (χ3n) is 4.78. The number of carbonyl (C=O) groups excluding carboxylic acids is 2. The smallest absolute Gasteiger partial charge is 0.272 e. The van der Waals surface area contributed by atoms with E-state index in [1.165, 1.54) is 6.20 Å². The van der Waals surface area contributed by atoms with Crippen LogP contribution in [0.2, 0.25) is 0 Å². The highest BCUT2D eigenvalue weighted by molar-refractivity contribution is 5.96. The van der Waals surface area contributed by atoms with E-state index in [1.807, 2.05) is 6.07 Å². The number of amides is 2. The topological polar surface area (TPSA) is 125 Å². The summed E-state index contributed by atoms with van der Waals surface area (Å²) in [5.41, 5.74) is 6.48. The molecule has 0 unspecified atom stereocenters. The Morgan fingerprint density at radius 3 is 2.48 bits per heavy atom. The molecule has 9 heteroatoms. The normalized spacial score (nSPS) is 14.6. The highest BCUT2D eigenvalue weighted by atomic mass is 16.3. The summed E-state index contributed by atoms with van der Waals surface area (Å²) in [5.74, 6) is 0.206. The van der Waals surface area contributed by atoms with Crippen molar-refractivity contribution >= 4 is 23.3 Å². The predicted octanol–water partition coefficient (Wildman–Crippen LogP) is 0.522. The summed E-state index contributed by atoms with van der Waals surface area (Å²) in [5, 5.41) is 12.0. The first-order valence-electron chi connectivity index (χ1n) is 9.45. The van der Waals surface area contributed by atoms with Crippen molar-refractivity contribution in [1.82, 2.24) is 20.2 Å². The molecule has 2 amide bonds. The van der Waals surface area contributed by atoms with E-state index < -0.39 is 5.54 Å². The molecule has 0 radical (unpaired) electrons. The lowest BCUT2D eigenvalue weighted by molar-refractivity contribution is 0.0739. The Balaban J connectivity index is 1.60. The van der Waals surface area contributed by atoms with Crippen LogP contribution in [0.15, 0.2) is 36.7 Å². The van der Waals surface area contributed by atoms with Crippen molar-refractivity contribution in [2.24, 2.45) is 0 Å². The van der Waals surface area contributed by atoms with E-state index in [1.54, 1.807) is 43.1 Å². The Morgan fingerprint density at radius 2 is 1.90 bits per heavy atom. The van der Waals surface area contributed by atoms with Gasteiger partial charge < -0.3 is 26.0 Å². The van der Waals surface area contributed by atoms with E-state index >= 15 is 0 Å². The van der Waals surface area contributed by atoms with Gasteiger partial charge in [0, 0.05) is 38.6 Å². The van der Waals surface area contributed by atoms with Crippen LogP contribution in [0, 0.1) is 0 Å². The number of hydrogen-bond acceptors (Lipinski definition) is 7. The van der Waals surface area contributed by atoms with Crippen molar-refractivity contribution in [3.63, 3.8) is 0 Å². The number of nitrogens with two attached hydrogens (primary N) is 1. The van der Waals surface area contributed by atoms with Gasteiger partial charge in [0.2, 0.25) is 0 Å². The first-order chi connectivity index (χ1) is 13.8. The van der Waals surface area contributed by atoms with Crippen LogP contribution >= 0.6 is 0 Å². The van der Waals surface area contributed by atoms with Crippen LogP contribution in [0.4, 0.5) is 11.5 Å². The van der Waals surface area contributed by atoms with Gasteiger partial charge in [0.05, 0.1) is 23.4 Å². The number of nitrogen functional groups attached to an aromatic ring is 1. The number of anilines is 2. The van der Waals surface area contributed by atoms with Crippen LogP contribution in [0.5, 0.6) is 0 Å². The number of aromatic nitrogens is 2. The van der Waals surface area contributed by atoms with Crippen LogP contribution in [-0.2, 0) is 0 Å². The molecule has 1 aliphatic heterocycles. The van der Waals surface area contributed by atoms with Crippen molar-refractivity contribution in [1.29, 1.82) is 0 Å². The summed E-state index contributed by atoms with van der Waals surface area (Å²) in [4.78, 5) is 37.2. The van der Waals surface area contributed by atoms with Gasteiger partial charge in [0.15, 0.2) is 5.82 Å². The third kappa shape index (κ3) is 4.80. The van der Waals surface area contributed by atoms with Crippen molar-refractivity contribution < 1.29 is 14.7 Å². The van der Waals surface area contributed by atoms with E-state index in [4.69, 9.17) is 5.73 Å². The van der Waals surface area contributed by atoms with Gasteiger partial charge >= 0.3 is 0 Å². The van der Waals surface area contributed by atoms with Gasteiger partial charge in [0.25, 0.3) is 11.8 Å². The molecule has 3 rings (SSSR count). The van der Waals surface area contributed by atoms with Gasteiger partial charge in [-0.25, -0.2) is 4.98 Å². The minimum absolute atomic E-state index is 0.179. The monoisotopic (exact) mass is 398 g/mol. The molecule has 0 spiro atoms. The zero-order chi connectivity index (χ0) is 21.0. The summed E-state index contributed by atoms with van der Waals surface area (Å²) in [7, 11) is 0. The fourth-order valence-electron chi connectivity index (χ4n) is 3.03. The summed E-state index contributed by atoms with van der Waals surface area (Å²) >= 11 is 0. The second-order valence-electron chi connectivity index (χ2n) is 7.62. The third-order valence-corrected chi connectivity index (χ3v) is 4.78. The maximum absolute atomic E-state index is 12.7. The van der Waals surface area contributed by atoms with Crippen LogP contribution < -0.4 is 16.0 Å². The van der Waals surface area contributed by atoms with Gasteiger partial charge in [-0.3, -0.25) is 14.6 Å². The lowest BCUT2D eigenvalue weighted by atomic mass is 10.1. The molecule has 0 aromatic carbocycles. The molecule has 2 aromatic heterocycles. The lowest BCUT2D eigenvalue weighted by Gasteiger charge is -2.35. The molecule has 29 heavy (non-hydrogen) atoms. The largest absolute Gasteiger partial charge is 0.396 e. The maximum Gasteiger partial charge on any atom is 0.272 e. The van der Waals surface area contributed by atoms with Crippen LogP contribution in [-0.4, -0.2) is 70.1 Å². The molecule has 3 heterocycles. The maximum atomic E-state index is 12.7. The number of piperazine rings is 1. The van der Waals surface area contributed by atoms with Crippen molar-refractivity contribution in [2.75, 3.05) is 43.4 Å². The number of aliphatic hydroxyl groups is 1. The minimum Gasteiger partial charge on any atom is -0.396 e. The number of nitrogens with one attached hydrogen (secondary N) is 1. The molecule has 1 saturated heterocycles. The summed E-state index contributed by atoms with van der Waals surface area (Å²) < 4.78 is 0. The van der Waals surface area contributed by atoms with Gasteiger partial charge in [-0.2, -0.15) is 0 Å². The number of pyridine rings is 2. The molecule has 0 bridgehead atoms. The Morgan fingerprint density at radius 1 is 1.17 bits per heavy atom. The molecule has 4 N–H and O–H groups in total. The molecule has 1 fully saturated rings. The zero-order valence-electron chi connectivity index (χ0n) is 16.6. The minimum atomic E-state index is -0.734. The van der Waals surface area contributed by atoms with Gasteiger partial charge in [-0.1, -0.05) is 0 Å². The number of nitrogens with zero attached hydrogens (tertiary/aromatic N) is 4. The molecule has 9 nitrogen and oxygen atoms in total. The number of aliphatic hydroxyl groups excluding tert-OH is 1. The molecular weight excluding hydrogens is 372 g/mol. The number of hydrogen-bond donors (Lipinski definition) is 3. The quantitative estimate of drug-likeness (QED) is 0.671. The number of rotatable bonds is 5. The SMILES string of the molecule is CC(C)(CO)NC(=O)c1ccc(C(=O)N2CCN(c3ncccc3N)CC2)nc1. The molecule has 0 saturated carbocycles. The molecule has 0 atom stereocenters.